The van der Waals surface area contributed by atoms with Crippen molar-refractivity contribution >= 4 is 43.7 Å². The van der Waals surface area contributed by atoms with Crippen LogP contribution in [-0.2, 0) is 4.79 Å². The number of rotatable bonds is 16. The second kappa shape index (κ2) is 25.0. The molecule has 0 heterocycles. The quantitative estimate of drug-likeness (QED) is 0.309. The van der Waals surface area contributed by atoms with Crippen LogP contribution in [0.15, 0.2) is 0 Å². The Labute approximate surface area is 190 Å². The SMILES string of the molecule is CCCCCCCCCCCCCCCCCC(=O)[O-].[CaH2].[Na+]. The van der Waals surface area contributed by atoms with E-state index >= 15 is 0 Å². The molecule has 0 bridgehead atoms. The first kappa shape index (κ1) is 28.5. The molecular weight excluding hydrogens is 311 g/mol. The van der Waals surface area contributed by atoms with Crippen molar-refractivity contribution in [2.24, 2.45) is 0 Å². The van der Waals surface area contributed by atoms with Crippen LogP contribution in [0.1, 0.15) is 110 Å². The molecule has 0 saturated heterocycles. The molecule has 0 radical (unpaired) electrons. The molecule has 0 fully saturated rings. The van der Waals surface area contributed by atoms with Gasteiger partial charge in [-0.3, -0.25) is 0 Å². The number of carboxylic acid groups (broad SMARTS) is 1. The number of hydrogen-bond donors (Lipinski definition) is 0. The van der Waals surface area contributed by atoms with Gasteiger partial charge in [0, 0.05) is 5.97 Å². The van der Waals surface area contributed by atoms with Crippen molar-refractivity contribution in [1.29, 1.82) is 0 Å². The molecule has 0 aromatic rings. The van der Waals surface area contributed by atoms with Crippen LogP contribution < -0.4 is 34.7 Å². The minimum absolute atomic E-state index is 0. The van der Waals surface area contributed by atoms with Gasteiger partial charge in [-0.25, -0.2) is 0 Å². The van der Waals surface area contributed by atoms with Crippen molar-refractivity contribution < 1.29 is 39.5 Å². The molecule has 4 heteroatoms. The number of hydrogen-bond acceptors (Lipinski definition) is 2. The molecule has 0 unspecified atom stereocenters. The van der Waals surface area contributed by atoms with Crippen LogP contribution in [0.25, 0.3) is 0 Å². The normalized spacial score (nSPS) is 9.86. The third kappa shape index (κ3) is 26.6. The van der Waals surface area contributed by atoms with Gasteiger partial charge >= 0.3 is 67.3 Å². The van der Waals surface area contributed by atoms with Gasteiger partial charge in [0.15, 0.2) is 0 Å². The van der Waals surface area contributed by atoms with Crippen molar-refractivity contribution in [3.63, 3.8) is 0 Å². The summed E-state index contributed by atoms with van der Waals surface area (Å²) < 4.78 is 0. The van der Waals surface area contributed by atoms with E-state index in [9.17, 15) is 9.90 Å². The maximum absolute atomic E-state index is 10.2. The summed E-state index contributed by atoms with van der Waals surface area (Å²) in [7, 11) is 0. The van der Waals surface area contributed by atoms with Crippen molar-refractivity contribution in [3.05, 3.63) is 0 Å². The maximum Gasteiger partial charge on any atom is 1.00 e. The first-order valence-electron chi connectivity index (χ1n) is 8.97. The van der Waals surface area contributed by atoms with Crippen molar-refractivity contribution in [2.45, 2.75) is 110 Å². The predicted octanol–water partition coefficient (Wildman–Crippen LogP) is 1.09. The molecule has 0 spiro atoms. The summed E-state index contributed by atoms with van der Waals surface area (Å²) in [5.41, 5.74) is 0. The Morgan fingerprint density at radius 1 is 0.636 bits per heavy atom. The van der Waals surface area contributed by atoms with E-state index in [4.69, 9.17) is 0 Å². The summed E-state index contributed by atoms with van der Waals surface area (Å²) in [6.07, 6.45) is 19.9. The van der Waals surface area contributed by atoms with E-state index in [0.29, 0.717) is 0 Å². The zero-order valence-corrected chi connectivity index (χ0v) is 16.6. The Kier molecular flexibility index (Phi) is 32.4. The van der Waals surface area contributed by atoms with E-state index < -0.39 is 5.97 Å². The summed E-state index contributed by atoms with van der Waals surface area (Å²) in [5.74, 6) is -0.903. The molecule has 0 atom stereocenters. The third-order valence-electron chi connectivity index (χ3n) is 3.98. The van der Waals surface area contributed by atoms with Crippen molar-refractivity contribution in [3.8, 4) is 0 Å². The van der Waals surface area contributed by atoms with Crippen LogP contribution in [0.2, 0.25) is 0 Å². The third-order valence-corrected chi connectivity index (χ3v) is 3.98. The van der Waals surface area contributed by atoms with E-state index in [-0.39, 0.29) is 73.7 Å². The second-order valence-corrected chi connectivity index (χ2v) is 6.07. The Morgan fingerprint density at radius 3 is 1.18 bits per heavy atom. The first-order chi connectivity index (χ1) is 9.77. The Balaban J connectivity index is -0.00000180. The number of carboxylic acids is 1. The molecule has 0 aromatic carbocycles. The molecule has 0 aliphatic heterocycles. The van der Waals surface area contributed by atoms with Gasteiger partial charge < -0.3 is 9.90 Å². The molecule has 0 aliphatic rings. The summed E-state index contributed by atoms with van der Waals surface area (Å²) >= 11 is 0. The summed E-state index contributed by atoms with van der Waals surface area (Å²) in [6.45, 7) is 2.27. The van der Waals surface area contributed by atoms with Gasteiger partial charge in [0.2, 0.25) is 0 Å². The van der Waals surface area contributed by atoms with E-state index in [1.54, 1.807) is 0 Å². The second-order valence-electron chi connectivity index (χ2n) is 6.07. The van der Waals surface area contributed by atoms with Crippen LogP contribution in [0.3, 0.4) is 0 Å². The molecule has 124 valence electrons. The fourth-order valence-corrected chi connectivity index (χ4v) is 2.64. The molecule has 2 nitrogen and oxygen atoms in total. The van der Waals surface area contributed by atoms with E-state index in [1.807, 2.05) is 0 Å². The van der Waals surface area contributed by atoms with E-state index in [2.05, 4.69) is 6.92 Å². The monoisotopic (exact) mass is 348 g/mol. The van der Waals surface area contributed by atoms with Crippen LogP contribution in [0.5, 0.6) is 0 Å². The minimum atomic E-state index is -0.903. The van der Waals surface area contributed by atoms with Gasteiger partial charge in [-0.15, -0.1) is 0 Å². The van der Waals surface area contributed by atoms with Gasteiger partial charge in [-0.2, -0.15) is 0 Å². The Morgan fingerprint density at radius 2 is 0.909 bits per heavy atom. The summed E-state index contributed by atoms with van der Waals surface area (Å²) in [5, 5.41) is 10.2. The maximum atomic E-state index is 10.2. The average molecular weight is 349 g/mol. The van der Waals surface area contributed by atoms with Crippen LogP contribution in [-0.4, -0.2) is 43.7 Å². The number of carbonyl (C=O) groups excluding carboxylic acids is 1. The number of aliphatic carboxylic acids is 1. The Hall–Kier alpha value is 1.73. The Bertz CT molecular complexity index is 213. The fourth-order valence-electron chi connectivity index (χ4n) is 2.64. The fraction of sp³-hybridized carbons (Fsp3) is 0.944. The van der Waals surface area contributed by atoms with Gasteiger partial charge in [-0.05, 0) is 12.8 Å². The number of unbranched alkanes of at least 4 members (excludes halogenated alkanes) is 14. The molecule has 0 saturated carbocycles. The van der Waals surface area contributed by atoms with Crippen LogP contribution in [0.4, 0.5) is 0 Å². The van der Waals surface area contributed by atoms with E-state index in [0.717, 1.165) is 12.8 Å². The molecular formula is C18H37CaNaO2. The summed E-state index contributed by atoms with van der Waals surface area (Å²) in [6, 6.07) is 0. The molecule has 0 amide bonds. The topological polar surface area (TPSA) is 40.1 Å². The van der Waals surface area contributed by atoms with Gasteiger partial charge in [-0.1, -0.05) is 96.8 Å². The zero-order chi connectivity index (χ0) is 14.9. The van der Waals surface area contributed by atoms with Crippen molar-refractivity contribution in [1.82, 2.24) is 0 Å². The standard InChI is InChI=1S/C18H36O2.Ca.Na.2H/c1-2-3-4-5-6-7-8-9-10-11-12-13-14-15-16-17-18(19)20;;;;/h2-17H2,1H3,(H,19,20);;;;/q;;+1;;/p-1. The largest absolute Gasteiger partial charge is 1.00 e. The van der Waals surface area contributed by atoms with Crippen LogP contribution in [0, 0.1) is 0 Å². The van der Waals surface area contributed by atoms with Gasteiger partial charge in [0.05, 0.1) is 0 Å². The predicted molar refractivity (Wildman–Crippen MR) is 93.1 cm³/mol. The smallest absolute Gasteiger partial charge is 1.00 e. The number of carbonyl (C=O) groups is 1. The van der Waals surface area contributed by atoms with Gasteiger partial charge in [0.1, 0.15) is 0 Å². The van der Waals surface area contributed by atoms with Crippen molar-refractivity contribution in [2.75, 3.05) is 0 Å². The molecule has 0 aliphatic carbocycles. The average Bonchev–Trinajstić information content (AvgIpc) is 2.43. The minimum Gasteiger partial charge on any atom is 1.00 e. The van der Waals surface area contributed by atoms with Gasteiger partial charge in [0.25, 0.3) is 0 Å². The first-order valence-corrected chi connectivity index (χ1v) is 8.97. The van der Waals surface area contributed by atoms with E-state index in [1.165, 1.54) is 83.5 Å². The molecule has 0 N–H and O–H groups in total. The molecule has 0 rings (SSSR count). The summed E-state index contributed by atoms with van der Waals surface area (Å²) in [4.78, 5) is 10.2. The van der Waals surface area contributed by atoms with Crippen LogP contribution >= 0.6 is 0 Å². The molecule has 0 aromatic heterocycles. The zero-order valence-electron chi connectivity index (χ0n) is 14.6. The molecule has 22 heavy (non-hydrogen) atoms.